The van der Waals surface area contributed by atoms with E-state index in [0.29, 0.717) is 0 Å². The molecule has 1 heterocycles. The highest BCUT2D eigenvalue weighted by molar-refractivity contribution is 6.28. The van der Waals surface area contributed by atoms with Gasteiger partial charge in [0.1, 0.15) is 0 Å². The number of aromatic nitrogens is 1. The summed E-state index contributed by atoms with van der Waals surface area (Å²) >= 11 is 0. The summed E-state index contributed by atoms with van der Waals surface area (Å²) in [4.78, 5) is 4.94. The maximum absolute atomic E-state index is 4.94. The van der Waals surface area contributed by atoms with E-state index < -0.39 is 0 Å². The van der Waals surface area contributed by atoms with E-state index in [1.807, 2.05) is 0 Å². The third-order valence-corrected chi connectivity index (χ3v) is 7.62. The first-order valence-electron chi connectivity index (χ1n) is 12.5. The lowest BCUT2D eigenvalue weighted by Crippen LogP contribution is -1.94. The Morgan fingerprint density at radius 1 is 0.500 bits per heavy atom. The number of benzene rings is 6. The Bertz CT molecular complexity index is 1960. The quantitative estimate of drug-likeness (QED) is 0.185. The zero-order valence-electron chi connectivity index (χ0n) is 20.4. The van der Waals surface area contributed by atoms with Crippen LogP contribution in [0, 0.1) is 13.8 Å². The van der Waals surface area contributed by atoms with Crippen LogP contribution in [0.1, 0.15) is 11.1 Å². The van der Waals surface area contributed by atoms with E-state index in [4.69, 9.17) is 4.98 Å². The molecule has 0 saturated carbocycles. The number of nitrogens with zero attached hydrogens (tertiary/aromatic N) is 1. The summed E-state index contributed by atoms with van der Waals surface area (Å²) in [6, 6.07) is 39.6. The number of fused-ring (bicyclic) bond motifs is 5. The highest BCUT2D eigenvalue weighted by Gasteiger charge is 2.20. The fourth-order valence-electron chi connectivity index (χ4n) is 5.73. The van der Waals surface area contributed by atoms with Gasteiger partial charge in [-0.1, -0.05) is 103 Å². The molecule has 1 heteroatoms. The molecule has 0 atom stereocenters. The molecule has 1 aromatic heterocycles. The van der Waals surface area contributed by atoms with Crippen molar-refractivity contribution < 1.29 is 0 Å². The van der Waals surface area contributed by atoms with Gasteiger partial charge in [0.05, 0.1) is 5.52 Å². The van der Waals surface area contributed by atoms with Crippen LogP contribution in [-0.2, 0) is 0 Å². The number of pyridine rings is 1. The molecule has 0 aliphatic carbocycles. The van der Waals surface area contributed by atoms with Crippen LogP contribution in [0.15, 0.2) is 115 Å². The third-order valence-electron chi connectivity index (χ3n) is 7.62. The second kappa shape index (κ2) is 8.03. The molecular weight excluding hydrogens is 434 g/mol. The molecular formula is C35H25N. The summed E-state index contributed by atoms with van der Waals surface area (Å²) in [7, 11) is 0. The van der Waals surface area contributed by atoms with Gasteiger partial charge in [0.25, 0.3) is 0 Å². The van der Waals surface area contributed by atoms with Gasteiger partial charge in [-0.25, -0.2) is 0 Å². The van der Waals surface area contributed by atoms with E-state index in [0.717, 1.165) is 5.52 Å². The normalized spacial score (nSPS) is 11.6. The van der Waals surface area contributed by atoms with Crippen LogP contribution >= 0.6 is 0 Å². The molecule has 0 radical (unpaired) electrons. The fraction of sp³-hybridized carbons (Fsp3) is 0.0571. The van der Waals surface area contributed by atoms with Crippen molar-refractivity contribution in [2.75, 3.05) is 0 Å². The van der Waals surface area contributed by atoms with Crippen molar-refractivity contribution in [1.82, 2.24) is 4.98 Å². The van der Waals surface area contributed by atoms with Crippen molar-refractivity contribution in [3.05, 3.63) is 127 Å². The number of aryl methyl sites for hydroxylation is 2. The molecule has 1 nitrogen and oxygen atoms in total. The van der Waals surface area contributed by atoms with Crippen LogP contribution < -0.4 is 0 Å². The molecule has 0 aliphatic rings. The van der Waals surface area contributed by atoms with E-state index >= 15 is 0 Å². The van der Waals surface area contributed by atoms with E-state index in [1.54, 1.807) is 0 Å². The fourth-order valence-corrected chi connectivity index (χ4v) is 5.73. The van der Waals surface area contributed by atoms with Crippen molar-refractivity contribution in [1.29, 1.82) is 0 Å². The summed E-state index contributed by atoms with van der Waals surface area (Å²) in [6.45, 7) is 4.37. The second-order valence-corrected chi connectivity index (χ2v) is 9.69. The molecule has 0 bridgehead atoms. The zero-order chi connectivity index (χ0) is 24.2. The molecule has 0 saturated heterocycles. The van der Waals surface area contributed by atoms with E-state index in [2.05, 4.69) is 129 Å². The van der Waals surface area contributed by atoms with Crippen LogP contribution in [0.2, 0.25) is 0 Å². The Labute approximate surface area is 210 Å². The van der Waals surface area contributed by atoms with Crippen LogP contribution in [0.25, 0.3) is 65.5 Å². The Hall–Kier alpha value is -4.49. The van der Waals surface area contributed by atoms with Crippen LogP contribution in [-0.4, -0.2) is 4.98 Å². The lowest BCUT2D eigenvalue weighted by Gasteiger charge is -2.20. The van der Waals surface area contributed by atoms with E-state index in [-0.39, 0.29) is 0 Å². The Kier molecular flexibility index (Phi) is 4.65. The highest BCUT2D eigenvalue weighted by Crippen LogP contribution is 2.47. The lowest BCUT2D eigenvalue weighted by molar-refractivity contribution is 1.34. The van der Waals surface area contributed by atoms with Gasteiger partial charge in [-0.15, -0.1) is 0 Å². The minimum atomic E-state index is 1.02. The SMILES string of the molecule is Cc1ccc(-c2c3ccccc3c(-c3cccc4ccccc34)c3c2cnc2ccccc23)cc1C. The molecule has 6 aromatic carbocycles. The number of hydrogen-bond acceptors (Lipinski definition) is 1. The van der Waals surface area contributed by atoms with Crippen molar-refractivity contribution in [3.8, 4) is 22.3 Å². The molecule has 170 valence electrons. The number of para-hydroxylation sites is 1. The Balaban J connectivity index is 1.77. The molecule has 36 heavy (non-hydrogen) atoms. The molecule has 0 aliphatic heterocycles. The van der Waals surface area contributed by atoms with Gasteiger partial charge >= 0.3 is 0 Å². The molecule has 7 aromatic rings. The molecule has 0 N–H and O–H groups in total. The predicted molar refractivity (Wildman–Crippen MR) is 155 cm³/mol. The standard InChI is InChI=1S/C35H25N/c1-22-18-19-25(20-23(22)2)33-28-13-5-6-14-29(28)34(27-16-9-11-24-10-3-4-12-26(24)27)35-30-15-7-8-17-32(30)36-21-31(33)35/h3-21H,1-2H3. The minimum absolute atomic E-state index is 1.02. The zero-order valence-corrected chi connectivity index (χ0v) is 20.4. The van der Waals surface area contributed by atoms with E-state index in [9.17, 15) is 0 Å². The first-order valence-corrected chi connectivity index (χ1v) is 12.5. The van der Waals surface area contributed by atoms with Gasteiger partial charge < -0.3 is 0 Å². The topological polar surface area (TPSA) is 12.9 Å². The summed E-state index contributed by atoms with van der Waals surface area (Å²) in [5.41, 5.74) is 8.67. The van der Waals surface area contributed by atoms with Gasteiger partial charge in [0, 0.05) is 22.4 Å². The molecule has 0 unspecified atom stereocenters. The second-order valence-electron chi connectivity index (χ2n) is 9.69. The summed E-state index contributed by atoms with van der Waals surface area (Å²) in [5, 5.41) is 8.70. The van der Waals surface area contributed by atoms with Gasteiger partial charge in [0.2, 0.25) is 0 Å². The maximum Gasteiger partial charge on any atom is 0.0708 e. The average molecular weight is 460 g/mol. The maximum atomic E-state index is 4.94. The van der Waals surface area contributed by atoms with Crippen molar-refractivity contribution in [2.45, 2.75) is 13.8 Å². The largest absolute Gasteiger partial charge is 0.256 e. The summed E-state index contributed by atoms with van der Waals surface area (Å²) in [5.74, 6) is 0. The predicted octanol–water partition coefficient (Wildman–Crippen LogP) is 9.65. The van der Waals surface area contributed by atoms with Gasteiger partial charge in [-0.05, 0) is 74.8 Å². The van der Waals surface area contributed by atoms with Gasteiger partial charge in [-0.3, -0.25) is 4.98 Å². The summed E-state index contributed by atoms with van der Waals surface area (Å²) < 4.78 is 0. The highest BCUT2D eigenvalue weighted by atomic mass is 14.6. The van der Waals surface area contributed by atoms with Gasteiger partial charge in [0.15, 0.2) is 0 Å². The van der Waals surface area contributed by atoms with Gasteiger partial charge in [-0.2, -0.15) is 0 Å². The van der Waals surface area contributed by atoms with Crippen LogP contribution in [0.5, 0.6) is 0 Å². The molecule has 0 fully saturated rings. The van der Waals surface area contributed by atoms with E-state index in [1.165, 1.54) is 71.1 Å². The molecule has 0 spiro atoms. The van der Waals surface area contributed by atoms with Crippen molar-refractivity contribution >= 4 is 43.2 Å². The first kappa shape index (κ1) is 20.8. The van der Waals surface area contributed by atoms with Crippen molar-refractivity contribution in [2.24, 2.45) is 0 Å². The third kappa shape index (κ3) is 3.06. The molecule has 0 amide bonds. The Morgan fingerprint density at radius 2 is 1.17 bits per heavy atom. The summed E-state index contributed by atoms with van der Waals surface area (Å²) in [6.07, 6.45) is 2.09. The van der Waals surface area contributed by atoms with Crippen molar-refractivity contribution in [3.63, 3.8) is 0 Å². The average Bonchev–Trinajstić information content (AvgIpc) is 2.93. The minimum Gasteiger partial charge on any atom is -0.256 e. The van der Waals surface area contributed by atoms with Crippen LogP contribution in [0.4, 0.5) is 0 Å². The smallest absolute Gasteiger partial charge is 0.0708 e. The monoisotopic (exact) mass is 459 g/mol. The Morgan fingerprint density at radius 3 is 1.97 bits per heavy atom. The first-order chi connectivity index (χ1) is 17.7. The molecule has 7 rings (SSSR count). The van der Waals surface area contributed by atoms with Crippen LogP contribution in [0.3, 0.4) is 0 Å². The lowest BCUT2D eigenvalue weighted by atomic mass is 9.83. The number of rotatable bonds is 2. The number of hydrogen-bond donors (Lipinski definition) is 0.